The third kappa shape index (κ3) is 2.23. The monoisotopic (exact) mass is 230 g/mol. The molecule has 0 aliphatic heterocycles. The molecule has 0 saturated carbocycles. The zero-order valence-corrected chi connectivity index (χ0v) is 9.12. The number of carbonyl (C=O) groups is 1. The van der Waals surface area contributed by atoms with Crippen LogP contribution in [0.5, 0.6) is 5.88 Å². The second-order valence-corrected chi connectivity index (χ2v) is 3.28. The molecular formula is C12H10N2O3. The highest BCUT2D eigenvalue weighted by Crippen LogP contribution is 2.20. The number of ether oxygens (including phenoxy) is 1. The van der Waals surface area contributed by atoms with Crippen LogP contribution in [0.4, 0.5) is 0 Å². The van der Waals surface area contributed by atoms with Crippen LogP contribution in [0, 0.1) is 0 Å². The summed E-state index contributed by atoms with van der Waals surface area (Å²) in [7, 11) is 1.37. The molecule has 0 saturated heterocycles. The summed E-state index contributed by atoms with van der Waals surface area (Å²) < 4.78 is 4.91. The minimum Gasteiger partial charge on any atom is -0.479 e. The van der Waals surface area contributed by atoms with E-state index in [2.05, 4.69) is 9.97 Å². The second kappa shape index (κ2) is 4.61. The van der Waals surface area contributed by atoms with E-state index < -0.39 is 5.97 Å². The van der Waals surface area contributed by atoms with Gasteiger partial charge in [-0.1, -0.05) is 30.3 Å². The lowest BCUT2D eigenvalue weighted by atomic mass is 10.2. The third-order valence-electron chi connectivity index (χ3n) is 2.21. The maximum atomic E-state index is 10.8. The molecule has 2 rings (SSSR count). The summed E-state index contributed by atoms with van der Waals surface area (Å²) in [6.07, 6.45) is 1.42. The number of carboxylic acid groups (broad SMARTS) is 1. The van der Waals surface area contributed by atoms with E-state index in [1.54, 1.807) is 0 Å². The van der Waals surface area contributed by atoms with Gasteiger partial charge in [0, 0.05) is 5.56 Å². The molecular weight excluding hydrogens is 220 g/mol. The zero-order chi connectivity index (χ0) is 12.3. The molecule has 5 heteroatoms. The molecule has 5 nitrogen and oxygen atoms in total. The van der Waals surface area contributed by atoms with Crippen molar-refractivity contribution in [3.8, 4) is 17.1 Å². The van der Waals surface area contributed by atoms with E-state index in [9.17, 15) is 4.79 Å². The summed E-state index contributed by atoms with van der Waals surface area (Å²) in [5.74, 6) is -1.15. The van der Waals surface area contributed by atoms with Crippen LogP contribution in [0.15, 0.2) is 36.5 Å². The topological polar surface area (TPSA) is 72.3 Å². The van der Waals surface area contributed by atoms with Crippen LogP contribution >= 0.6 is 0 Å². The lowest BCUT2D eigenvalue weighted by molar-refractivity contribution is 0.0685. The fourth-order valence-electron chi connectivity index (χ4n) is 1.41. The molecule has 0 radical (unpaired) electrons. The number of hydrogen-bond acceptors (Lipinski definition) is 4. The zero-order valence-electron chi connectivity index (χ0n) is 9.12. The van der Waals surface area contributed by atoms with Gasteiger partial charge in [0.1, 0.15) is 0 Å². The Labute approximate surface area is 97.7 Å². The Bertz CT molecular complexity index is 541. The Kier molecular flexibility index (Phi) is 3.00. The third-order valence-corrected chi connectivity index (χ3v) is 2.21. The van der Waals surface area contributed by atoms with E-state index in [1.807, 2.05) is 30.3 Å². The van der Waals surface area contributed by atoms with E-state index in [1.165, 1.54) is 13.3 Å². The molecule has 1 aromatic carbocycles. The van der Waals surface area contributed by atoms with E-state index in [4.69, 9.17) is 9.84 Å². The van der Waals surface area contributed by atoms with Crippen molar-refractivity contribution >= 4 is 5.97 Å². The molecule has 1 heterocycles. The van der Waals surface area contributed by atoms with Crippen LogP contribution in [0.2, 0.25) is 0 Å². The van der Waals surface area contributed by atoms with E-state index >= 15 is 0 Å². The predicted octanol–water partition coefficient (Wildman–Crippen LogP) is 1.85. The molecule has 17 heavy (non-hydrogen) atoms. The highest BCUT2D eigenvalue weighted by molar-refractivity contribution is 5.88. The standard InChI is InChI=1S/C12H10N2O3/c1-17-11-10(12(15)16)13-7-9(14-11)8-5-3-2-4-6-8/h2-7H,1H3,(H,15,16). The molecule has 0 amide bonds. The van der Waals surface area contributed by atoms with Gasteiger partial charge in [0.25, 0.3) is 0 Å². The number of aromatic nitrogens is 2. The van der Waals surface area contributed by atoms with Crippen molar-refractivity contribution in [2.24, 2.45) is 0 Å². The summed E-state index contributed by atoms with van der Waals surface area (Å²) >= 11 is 0. The molecule has 0 unspecified atom stereocenters. The summed E-state index contributed by atoms with van der Waals surface area (Å²) in [4.78, 5) is 18.8. The van der Waals surface area contributed by atoms with Crippen molar-refractivity contribution < 1.29 is 14.6 Å². The van der Waals surface area contributed by atoms with Gasteiger partial charge < -0.3 is 9.84 Å². The lowest BCUT2D eigenvalue weighted by Gasteiger charge is -2.05. The highest BCUT2D eigenvalue weighted by atomic mass is 16.5. The number of benzene rings is 1. The van der Waals surface area contributed by atoms with Gasteiger partial charge in [0.05, 0.1) is 19.0 Å². The fourth-order valence-corrected chi connectivity index (χ4v) is 1.41. The Morgan fingerprint density at radius 3 is 2.59 bits per heavy atom. The molecule has 0 atom stereocenters. The Morgan fingerprint density at radius 1 is 1.29 bits per heavy atom. The van der Waals surface area contributed by atoms with Gasteiger partial charge in [0.2, 0.25) is 11.6 Å². The van der Waals surface area contributed by atoms with E-state index in [0.29, 0.717) is 5.69 Å². The quantitative estimate of drug-likeness (QED) is 0.871. The van der Waals surface area contributed by atoms with Gasteiger partial charge in [-0.2, -0.15) is 0 Å². The molecule has 0 aliphatic carbocycles. The summed E-state index contributed by atoms with van der Waals surface area (Å²) in [6.45, 7) is 0. The molecule has 0 bridgehead atoms. The van der Waals surface area contributed by atoms with E-state index in [0.717, 1.165) is 5.56 Å². The Balaban J connectivity index is 2.49. The highest BCUT2D eigenvalue weighted by Gasteiger charge is 2.15. The van der Waals surface area contributed by atoms with E-state index in [-0.39, 0.29) is 11.6 Å². The number of carboxylic acids is 1. The summed E-state index contributed by atoms with van der Waals surface area (Å²) in [5.41, 5.74) is 1.25. The molecule has 1 N–H and O–H groups in total. The Morgan fingerprint density at radius 2 is 2.00 bits per heavy atom. The first-order chi connectivity index (χ1) is 8.22. The number of hydrogen-bond donors (Lipinski definition) is 1. The van der Waals surface area contributed by atoms with Crippen molar-refractivity contribution in [1.29, 1.82) is 0 Å². The molecule has 0 aliphatic rings. The number of rotatable bonds is 3. The van der Waals surface area contributed by atoms with Crippen molar-refractivity contribution in [3.05, 3.63) is 42.2 Å². The number of aromatic carboxylic acids is 1. The summed E-state index contributed by atoms with van der Waals surface area (Å²) in [6, 6.07) is 9.36. The molecule has 0 fully saturated rings. The van der Waals surface area contributed by atoms with Gasteiger partial charge in [0.15, 0.2) is 0 Å². The molecule has 86 valence electrons. The van der Waals surface area contributed by atoms with Crippen LogP contribution in [0.25, 0.3) is 11.3 Å². The van der Waals surface area contributed by atoms with Gasteiger partial charge in [-0.05, 0) is 0 Å². The van der Waals surface area contributed by atoms with Gasteiger partial charge in [-0.3, -0.25) is 0 Å². The van der Waals surface area contributed by atoms with Crippen LogP contribution in [0.1, 0.15) is 10.5 Å². The minimum absolute atomic E-state index is 0.0128. The second-order valence-electron chi connectivity index (χ2n) is 3.28. The number of nitrogens with zero attached hydrogens (tertiary/aromatic N) is 2. The maximum absolute atomic E-state index is 10.8. The molecule has 0 spiro atoms. The SMILES string of the molecule is COc1nc(-c2ccccc2)cnc1C(=O)O. The first-order valence-electron chi connectivity index (χ1n) is 4.92. The van der Waals surface area contributed by atoms with Gasteiger partial charge in [-0.25, -0.2) is 14.8 Å². The largest absolute Gasteiger partial charge is 0.479 e. The fraction of sp³-hybridized carbons (Fsp3) is 0.0833. The van der Waals surface area contributed by atoms with Crippen LogP contribution in [-0.2, 0) is 0 Å². The van der Waals surface area contributed by atoms with Gasteiger partial charge in [-0.15, -0.1) is 0 Å². The first-order valence-corrected chi connectivity index (χ1v) is 4.92. The molecule has 1 aromatic heterocycles. The lowest BCUT2D eigenvalue weighted by Crippen LogP contribution is -2.06. The van der Waals surface area contributed by atoms with Crippen LogP contribution in [-0.4, -0.2) is 28.2 Å². The van der Waals surface area contributed by atoms with Crippen molar-refractivity contribution in [3.63, 3.8) is 0 Å². The molecule has 2 aromatic rings. The first kappa shape index (κ1) is 11.1. The predicted molar refractivity (Wildman–Crippen MR) is 61.0 cm³/mol. The van der Waals surface area contributed by atoms with Crippen molar-refractivity contribution in [2.75, 3.05) is 7.11 Å². The maximum Gasteiger partial charge on any atom is 0.360 e. The average molecular weight is 230 g/mol. The van der Waals surface area contributed by atoms with Crippen molar-refractivity contribution in [2.45, 2.75) is 0 Å². The minimum atomic E-state index is -1.16. The average Bonchev–Trinajstić information content (AvgIpc) is 2.39. The van der Waals surface area contributed by atoms with Gasteiger partial charge >= 0.3 is 5.97 Å². The van der Waals surface area contributed by atoms with Crippen LogP contribution in [0.3, 0.4) is 0 Å². The van der Waals surface area contributed by atoms with Crippen LogP contribution < -0.4 is 4.74 Å². The summed E-state index contributed by atoms with van der Waals surface area (Å²) in [5, 5.41) is 8.88. The smallest absolute Gasteiger partial charge is 0.360 e. The number of methoxy groups -OCH3 is 1. The Hall–Kier alpha value is -2.43. The normalized spacial score (nSPS) is 9.94. The van der Waals surface area contributed by atoms with Crippen molar-refractivity contribution in [1.82, 2.24) is 9.97 Å².